The van der Waals surface area contributed by atoms with E-state index >= 15 is 0 Å². The molecule has 0 aliphatic carbocycles. The molecule has 1 aromatic carbocycles. The molecule has 2 saturated heterocycles. The second-order valence-electron chi connectivity index (χ2n) is 8.76. The molecule has 1 aromatic heterocycles. The molecule has 0 saturated carbocycles. The standard InChI is InChI=1S/C23H29FN4O2S/c1-15-2-3-18(19(24)14-15)16-4-9-28(10-5-16)23-26-20-8-13-31(29)21(20)22(27-23)25-17-6-11-30-12-7-17/h2-3,14,16-17H,4-13H2,1H3,(H,25,26,27). The maximum atomic E-state index is 14.4. The number of hydrogen-bond acceptors (Lipinski definition) is 6. The SMILES string of the molecule is Cc1ccc(C2CCN(c3nc4c(c(NC5CCOCC5)n3)S(=O)CC4)CC2)c(F)c1. The van der Waals surface area contributed by atoms with Gasteiger partial charge in [-0.25, -0.2) is 9.37 Å². The number of piperidine rings is 1. The third kappa shape index (κ3) is 4.32. The molecule has 6 nitrogen and oxygen atoms in total. The number of aromatic nitrogens is 2. The number of ether oxygens (including phenoxy) is 1. The summed E-state index contributed by atoms with van der Waals surface area (Å²) < 4.78 is 32.5. The van der Waals surface area contributed by atoms with E-state index < -0.39 is 10.8 Å². The van der Waals surface area contributed by atoms with Crippen molar-refractivity contribution in [2.24, 2.45) is 0 Å². The van der Waals surface area contributed by atoms with E-state index in [2.05, 4.69) is 10.2 Å². The monoisotopic (exact) mass is 444 g/mol. The fourth-order valence-corrected chi connectivity index (χ4v) is 6.13. The number of fused-ring (bicyclic) bond motifs is 1. The van der Waals surface area contributed by atoms with Crippen molar-refractivity contribution < 1.29 is 13.3 Å². The van der Waals surface area contributed by atoms with E-state index in [1.165, 1.54) is 0 Å². The molecule has 1 N–H and O–H groups in total. The predicted octanol–water partition coefficient (Wildman–Crippen LogP) is 3.56. The van der Waals surface area contributed by atoms with Crippen molar-refractivity contribution in [2.75, 3.05) is 42.3 Å². The van der Waals surface area contributed by atoms with Gasteiger partial charge in [0, 0.05) is 44.5 Å². The Morgan fingerprint density at radius 3 is 2.68 bits per heavy atom. The largest absolute Gasteiger partial charge is 0.381 e. The van der Waals surface area contributed by atoms with Crippen molar-refractivity contribution in [1.29, 1.82) is 0 Å². The summed E-state index contributed by atoms with van der Waals surface area (Å²) in [5.74, 6) is 2.17. The van der Waals surface area contributed by atoms with Gasteiger partial charge in [0.25, 0.3) is 0 Å². The van der Waals surface area contributed by atoms with Crippen LogP contribution >= 0.6 is 0 Å². The van der Waals surface area contributed by atoms with Gasteiger partial charge in [-0.05, 0) is 55.7 Å². The summed E-state index contributed by atoms with van der Waals surface area (Å²) in [6, 6.07) is 5.83. The van der Waals surface area contributed by atoms with E-state index in [0.717, 1.165) is 85.9 Å². The fraction of sp³-hybridized carbons (Fsp3) is 0.565. The van der Waals surface area contributed by atoms with Gasteiger partial charge in [-0.2, -0.15) is 4.98 Å². The molecule has 31 heavy (non-hydrogen) atoms. The predicted molar refractivity (Wildman–Crippen MR) is 120 cm³/mol. The lowest BCUT2D eigenvalue weighted by Crippen LogP contribution is -2.35. The first-order valence-corrected chi connectivity index (χ1v) is 12.5. The van der Waals surface area contributed by atoms with Crippen molar-refractivity contribution in [3.05, 3.63) is 40.8 Å². The van der Waals surface area contributed by atoms with Crippen molar-refractivity contribution in [1.82, 2.24) is 9.97 Å². The molecule has 5 rings (SSSR count). The number of anilines is 2. The van der Waals surface area contributed by atoms with Crippen LogP contribution in [0.3, 0.4) is 0 Å². The summed E-state index contributed by atoms with van der Waals surface area (Å²) in [4.78, 5) is 12.6. The lowest BCUT2D eigenvalue weighted by Gasteiger charge is -2.33. The van der Waals surface area contributed by atoms with E-state index in [4.69, 9.17) is 14.7 Å². The molecular formula is C23H29FN4O2S. The summed E-state index contributed by atoms with van der Waals surface area (Å²) in [6.07, 6.45) is 4.32. The van der Waals surface area contributed by atoms with Crippen LogP contribution in [0.1, 0.15) is 48.4 Å². The number of hydrogen-bond donors (Lipinski definition) is 1. The Labute approximate surface area is 185 Å². The Kier molecular flexibility index (Phi) is 5.93. The maximum Gasteiger partial charge on any atom is 0.227 e. The van der Waals surface area contributed by atoms with Gasteiger partial charge in [-0.3, -0.25) is 4.21 Å². The molecule has 8 heteroatoms. The number of rotatable bonds is 4. The van der Waals surface area contributed by atoms with Crippen LogP contribution in [0.4, 0.5) is 16.2 Å². The number of nitrogens with zero attached hydrogens (tertiary/aromatic N) is 3. The van der Waals surface area contributed by atoms with Crippen LogP contribution in [0.2, 0.25) is 0 Å². The van der Waals surface area contributed by atoms with Crippen LogP contribution in [0, 0.1) is 12.7 Å². The minimum Gasteiger partial charge on any atom is -0.381 e. The highest BCUT2D eigenvalue weighted by Crippen LogP contribution is 2.34. The van der Waals surface area contributed by atoms with Gasteiger partial charge < -0.3 is 15.0 Å². The quantitative estimate of drug-likeness (QED) is 0.778. The number of nitrogens with one attached hydrogen (secondary N) is 1. The summed E-state index contributed by atoms with van der Waals surface area (Å²) >= 11 is 0. The van der Waals surface area contributed by atoms with Gasteiger partial charge in [-0.1, -0.05) is 12.1 Å². The first-order valence-electron chi connectivity index (χ1n) is 11.2. The molecule has 1 atom stereocenters. The van der Waals surface area contributed by atoms with E-state index in [9.17, 15) is 8.60 Å². The summed E-state index contributed by atoms with van der Waals surface area (Å²) in [6.45, 7) is 4.97. The lowest BCUT2D eigenvalue weighted by molar-refractivity contribution is 0.0903. The first kappa shape index (κ1) is 20.8. The van der Waals surface area contributed by atoms with Crippen LogP contribution in [0.15, 0.2) is 23.1 Å². The Balaban J connectivity index is 1.34. The molecule has 166 valence electrons. The molecule has 2 aromatic rings. The number of aryl methyl sites for hydroxylation is 2. The molecule has 3 aliphatic rings. The lowest BCUT2D eigenvalue weighted by atomic mass is 9.88. The fourth-order valence-electron chi connectivity index (χ4n) is 4.81. The third-order valence-corrected chi connectivity index (χ3v) is 8.07. The molecule has 0 spiro atoms. The Morgan fingerprint density at radius 2 is 1.94 bits per heavy atom. The van der Waals surface area contributed by atoms with Crippen LogP contribution < -0.4 is 10.2 Å². The maximum absolute atomic E-state index is 14.4. The van der Waals surface area contributed by atoms with Crippen LogP contribution in [-0.4, -0.2) is 52.3 Å². The van der Waals surface area contributed by atoms with Crippen molar-refractivity contribution in [3.8, 4) is 0 Å². The van der Waals surface area contributed by atoms with Gasteiger partial charge in [0.15, 0.2) is 0 Å². The van der Waals surface area contributed by atoms with E-state index in [1.807, 2.05) is 19.1 Å². The van der Waals surface area contributed by atoms with Gasteiger partial charge in [0.1, 0.15) is 16.5 Å². The molecule has 0 radical (unpaired) electrons. The Hall–Kier alpha value is -2.06. The smallest absolute Gasteiger partial charge is 0.227 e. The summed E-state index contributed by atoms with van der Waals surface area (Å²) in [7, 11) is -1.04. The van der Waals surface area contributed by atoms with E-state index in [0.29, 0.717) is 11.7 Å². The number of halogens is 1. The van der Waals surface area contributed by atoms with Gasteiger partial charge >= 0.3 is 0 Å². The van der Waals surface area contributed by atoms with E-state index in [-0.39, 0.29) is 17.8 Å². The second-order valence-corrected chi connectivity index (χ2v) is 10.3. The highest BCUT2D eigenvalue weighted by molar-refractivity contribution is 7.85. The Bertz CT molecular complexity index is 988. The van der Waals surface area contributed by atoms with Gasteiger partial charge in [-0.15, -0.1) is 0 Å². The topological polar surface area (TPSA) is 67.3 Å². The zero-order chi connectivity index (χ0) is 21.4. The van der Waals surface area contributed by atoms with Crippen LogP contribution in [-0.2, 0) is 22.0 Å². The third-order valence-electron chi connectivity index (χ3n) is 6.61. The minimum absolute atomic E-state index is 0.0994. The van der Waals surface area contributed by atoms with Crippen molar-refractivity contribution in [2.45, 2.75) is 55.9 Å². The molecule has 0 amide bonds. The molecule has 0 bridgehead atoms. The molecule has 3 aliphatic heterocycles. The van der Waals surface area contributed by atoms with Crippen LogP contribution in [0.25, 0.3) is 0 Å². The molecule has 1 unspecified atom stereocenters. The normalized spacial score (nSPS) is 22.5. The number of benzene rings is 1. The Morgan fingerprint density at radius 1 is 1.16 bits per heavy atom. The molecule has 2 fully saturated rings. The average molecular weight is 445 g/mol. The van der Waals surface area contributed by atoms with Gasteiger partial charge in [0.05, 0.1) is 16.5 Å². The zero-order valence-corrected chi connectivity index (χ0v) is 18.7. The minimum atomic E-state index is -1.04. The zero-order valence-electron chi connectivity index (χ0n) is 17.9. The average Bonchev–Trinajstić information content (AvgIpc) is 3.16. The van der Waals surface area contributed by atoms with Crippen molar-refractivity contribution >= 4 is 22.6 Å². The van der Waals surface area contributed by atoms with E-state index in [1.54, 1.807) is 6.07 Å². The first-order chi connectivity index (χ1) is 15.1. The second kappa shape index (κ2) is 8.82. The molecule has 4 heterocycles. The summed E-state index contributed by atoms with van der Waals surface area (Å²) in [5.41, 5.74) is 2.68. The highest BCUT2D eigenvalue weighted by atomic mass is 32.2. The molecular weight excluding hydrogens is 415 g/mol. The highest BCUT2D eigenvalue weighted by Gasteiger charge is 2.30. The van der Waals surface area contributed by atoms with Crippen LogP contribution in [0.5, 0.6) is 0 Å². The summed E-state index contributed by atoms with van der Waals surface area (Å²) in [5, 5.41) is 3.54. The van der Waals surface area contributed by atoms with Crippen molar-refractivity contribution in [3.63, 3.8) is 0 Å². The van der Waals surface area contributed by atoms with Gasteiger partial charge in [0.2, 0.25) is 5.95 Å².